The second-order valence-corrected chi connectivity index (χ2v) is 6.06. The quantitative estimate of drug-likeness (QED) is 0.243. The summed E-state index contributed by atoms with van der Waals surface area (Å²) in [6.07, 6.45) is 2.16. The molecule has 0 amide bonds. The Kier molecular flexibility index (Phi) is 10.2. The third-order valence-electron chi connectivity index (χ3n) is 1.73. The zero-order chi connectivity index (χ0) is 9.94. The summed E-state index contributed by atoms with van der Waals surface area (Å²) < 4.78 is 0. The Morgan fingerprint density at radius 2 is 1.69 bits per heavy atom. The van der Waals surface area contributed by atoms with E-state index in [-0.39, 0.29) is 12.5 Å². The molecular weight excluding hydrogens is 188 g/mol. The Labute approximate surface area is 81.0 Å². The number of hydrogen-bond donors (Lipinski definition) is 2. The third kappa shape index (κ3) is 8.39. The van der Waals surface area contributed by atoms with Crippen molar-refractivity contribution >= 4 is 8.80 Å². The van der Waals surface area contributed by atoms with Crippen LogP contribution < -0.4 is 0 Å². The van der Waals surface area contributed by atoms with Gasteiger partial charge in [0.05, 0.1) is 22.0 Å². The first kappa shape index (κ1) is 13.1. The van der Waals surface area contributed by atoms with Gasteiger partial charge in [-0.15, -0.1) is 0 Å². The van der Waals surface area contributed by atoms with Gasteiger partial charge in [0, 0.05) is 12.5 Å². The predicted molar refractivity (Wildman–Crippen MR) is 52.9 cm³/mol. The van der Waals surface area contributed by atoms with Crippen molar-refractivity contribution in [3.05, 3.63) is 0 Å². The molecule has 0 atom stereocenters. The van der Waals surface area contributed by atoms with Gasteiger partial charge in [0.15, 0.2) is 0 Å². The maximum absolute atomic E-state index is 8.80. The van der Waals surface area contributed by atoms with E-state index in [2.05, 4.69) is 0 Å². The van der Waals surface area contributed by atoms with Crippen LogP contribution in [-0.4, -0.2) is 44.7 Å². The summed E-state index contributed by atoms with van der Waals surface area (Å²) in [6, 6.07) is 0.905. The van der Waals surface area contributed by atoms with Crippen LogP contribution in [0.4, 0.5) is 0 Å². The van der Waals surface area contributed by atoms with Crippen LogP contribution in [0.15, 0.2) is 0 Å². The smallest absolute Gasteiger partial charge is 0.0969 e. The van der Waals surface area contributed by atoms with E-state index in [1.165, 1.54) is 0 Å². The Morgan fingerprint density at radius 1 is 1.08 bits per heavy atom. The molecule has 0 heterocycles. The second kappa shape index (κ2) is 10.1. The standard InChI is InChI=1S/C8H20O4Si/c1-2-4-11-12-5-3-6-13(7-9)8-10/h9-10,13H,2-8H2,1H3. The fourth-order valence-electron chi connectivity index (χ4n) is 0.872. The van der Waals surface area contributed by atoms with Crippen molar-refractivity contribution in [2.75, 3.05) is 25.7 Å². The van der Waals surface area contributed by atoms with E-state index in [0.29, 0.717) is 13.2 Å². The molecule has 0 aliphatic rings. The van der Waals surface area contributed by atoms with Crippen LogP contribution in [0.5, 0.6) is 0 Å². The lowest BCUT2D eigenvalue weighted by atomic mass is 10.5. The van der Waals surface area contributed by atoms with Crippen molar-refractivity contribution in [2.24, 2.45) is 0 Å². The number of aliphatic hydroxyl groups excluding tert-OH is 2. The van der Waals surface area contributed by atoms with Crippen LogP contribution in [0.1, 0.15) is 19.8 Å². The highest BCUT2D eigenvalue weighted by atomic mass is 28.3. The van der Waals surface area contributed by atoms with Gasteiger partial charge >= 0.3 is 0 Å². The largest absolute Gasteiger partial charge is 0.400 e. The highest BCUT2D eigenvalue weighted by Crippen LogP contribution is 1.97. The second-order valence-electron chi connectivity index (χ2n) is 3.02. The van der Waals surface area contributed by atoms with Gasteiger partial charge in [-0.25, -0.2) is 9.78 Å². The monoisotopic (exact) mass is 208 g/mol. The van der Waals surface area contributed by atoms with Crippen LogP contribution in [0.3, 0.4) is 0 Å². The van der Waals surface area contributed by atoms with Gasteiger partial charge in [-0.1, -0.05) is 13.0 Å². The fraction of sp³-hybridized carbons (Fsp3) is 1.00. The molecule has 0 bridgehead atoms. The lowest BCUT2D eigenvalue weighted by Crippen LogP contribution is -2.24. The minimum absolute atomic E-state index is 0.173. The molecule has 0 saturated heterocycles. The number of rotatable bonds is 9. The highest BCUT2D eigenvalue weighted by Gasteiger charge is 2.06. The minimum atomic E-state index is -1.28. The maximum atomic E-state index is 8.80. The van der Waals surface area contributed by atoms with Crippen molar-refractivity contribution in [2.45, 2.75) is 25.8 Å². The molecule has 0 aromatic heterocycles. The molecule has 0 aromatic rings. The Bertz CT molecular complexity index is 98.1. The zero-order valence-corrected chi connectivity index (χ0v) is 9.39. The van der Waals surface area contributed by atoms with Gasteiger partial charge in [0.25, 0.3) is 0 Å². The molecule has 0 aliphatic heterocycles. The molecule has 0 spiro atoms. The van der Waals surface area contributed by atoms with E-state index in [1.54, 1.807) is 0 Å². The molecule has 13 heavy (non-hydrogen) atoms. The molecule has 5 heteroatoms. The molecule has 4 nitrogen and oxygen atoms in total. The Hall–Kier alpha value is 0.0569. The average Bonchev–Trinajstić information content (AvgIpc) is 2.17. The van der Waals surface area contributed by atoms with Crippen LogP contribution in [-0.2, 0) is 9.78 Å². The number of aliphatic hydroxyl groups is 2. The molecule has 0 saturated carbocycles. The molecule has 0 aliphatic carbocycles. The molecule has 0 unspecified atom stereocenters. The maximum Gasteiger partial charge on any atom is 0.0969 e. The predicted octanol–water partition coefficient (Wildman–Crippen LogP) is 0.0248. The van der Waals surface area contributed by atoms with Crippen LogP contribution in [0.25, 0.3) is 0 Å². The molecule has 0 fully saturated rings. The molecule has 0 radical (unpaired) electrons. The number of hydrogen-bond acceptors (Lipinski definition) is 4. The van der Waals surface area contributed by atoms with Crippen LogP contribution >= 0.6 is 0 Å². The van der Waals surface area contributed by atoms with Crippen molar-refractivity contribution in [1.82, 2.24) is 0 Å². The summed E-state index contributed by atoms with van der Waals surface area (Å²) in [5.41, 5.74) is 0. The summed E-state index contributed by atoms with van der Waals surface area (Å²) in [5.74, 6) is 0. The fourth-order valence-corrected chi connectivity index (χ4v) is 2.10. The Morgan fingerprint density at radius 3 is 2.23 bits per heavy atom. The van der Waals surface area contributed by atoms with E-state index < -0.39 is 8.80 Å². The van der Waals surface area contributed by atoms with Crippen molar-refractivity contribution < 1.29 is 20.0 Å². The molecule has 0 rings (SSSR count). The lowest BCUT2D eigenvalue weighted by Gasteiger charge is -2.08. The first-order valence-corrected chi connectivity index (χ1v) is 7.26. The lowest BCUT2D eigenvalue weighted by molar-refractivity contribution is -0.294. The summed E-state index contributed by atoms with van der Waals surface area (Å²) in [7, 11) is -1.28. The average molecular weight is 208 g/mol. The minimum Gasteiger partial charge on any atom is -0.400 e. The summed E-state index contributed by atoms with van der Waals surface area (Å²) in [6.45, 7) is 3.20. The van der Waals surface area contributed by atoms with Crippen molar-refractivity contribution in [1.29, 1.82) is 0 Å². The van der Waals surface area contributed by atoms with Crippen LogP contribution in [0.2, 0.25) is 6.04 Å². The summed E-state index contributed by atoms with van der Waals surface area (Å²) in [4.78, 5) is 9.69. The zero-order valence-electron chi connectivity index (χ0n) is 8.24. The first-order valence-electron chi connectivity index (χ1n) is 4.81. The third-order valence-corrected chi connectivity index (χ3v) is 3.98. The normalized spacial score (nSPS) is 11.1. The van der Waals surface area contributed by atoms with Crippen LogP contribution in [0, 0.1) is 0 Å². The van der Waals surface area contributed by atoms with E-state index in [1.807, 2.05) is 6.92 Å². The SMILES string of the molecule is CCCOOCCC[SiH](CO)CO. The molecule has 80 valence electrons. The van der Waals surface area contributed by atoms with Crippen molar-refractivity contribution in [3.63, 3.8) is 0 Å². The van der Waals surface area contributed by atoms with Gasteiger partial charge in [-0.3, -0.25) is 0 Å². The Balaban J connectivity index is 3.05. The summed E-state index contributed by atoms with van der Waals surface area (Å²) in [5, 5.41) is 17.6. The first-order chi connectivity index (χ1) is 6.35. The topological polar surface area (TPSA) is 58.9 Å². The van der Waals surface area contributed by atoms with Gasteiger partial charge in [-0.05, 0) is 12.8 Å². The van der Waals surface area contributed by atoms with Gasteiger partial charge in [0.2, 0.25) is 0 Å². The van der Waals surface area contributed by atoms with Crippen molar-refractivity contribution in [3.8, 4) is 0 Å². The molecule has 0 aromatic carbocycles. The summed E-state index contributed by atoms with van der Waals surface area (Å²) >= 11 is 0. The highest BCUT2D eigenvalue weighted by molar-refractivity contribution is 6.58. The van der Waals surface area contributed by atoms with Gasteiger partial charge in [0.1, 0.15) is 0 Å². The molecular formula is C8H20O4Si. The molecule has 2 N–H and O–H groups in total. The van der Waals surface area contributed by atoms with E-state index in [0.717, 1.165) is 18.9 Å². The van der Waals surface area contributed by atoms with E-state index in [4.69, 9.17) is 20.0 Å². The van der Waals surface area contributed by atoms with E-state index in [9.17, 15) is 0 Å². The van der Waals surface area contributed by atoms with Gasteiger partial charge < -0.3 is 10.2 Å². The van der Waals surface area contributed by atoms with E-state index >= 15 is 0 Å². The van der Waals surface area contributed by atoms with Gasteiger partial charge in [-0.2, -0.15) is 0 Å².